The van der Waals surface area contributed by atoms with E-state index in [1.807, 2.05) is 0 Å². The van der Waals surface area contributed by atoms with Crippen LogP contribution in [0, 0.1) is 5.92 Å². The lowest BCUT2D eigenvalue weighted by molar-refractivity contribution is -0.135. The molecule has 25 heavy (non-hydrogen) atoms. The lowest BCUT2D eigenvalue weighted by Crippen LogP contribution is -2.45. The van der Waals surface area contributed by atoms with Gasteiger partial charge in [-0.05, 0) is 69.5 Å². The zero-order chi connectivity index (χ0) is 17.5. The van der Waals surface area contributed by atoms with Crippen molar-refractivity contribution >= 4 is 5.91 Å². The Kier molecular flexibility index (Phi) is 6.92. The number of carbonyl (C=O) groups is 1. The van der Waals surface area contributed by atoms with Crippen LogP contribution in [0.4, 0.5) is 0 Å². The van der Waals surface area contributed by atoms with E-state index in [0.29, 0.717) is 18.4 Å². The van der Waals surface area contributed by atoms with E-state index in [4.69, 9.17) is 0 Å². The summed E-state index contributed by atoms with van der Waals surface area (Å²) in [7, 11) is 0. The molecule has 0 saturated carbocycles. The molecule has 0 aromatic heterocycles. The molecule has 3 rings (SSSR count). The highest BCUT2D eigenvalue weighted by atomic mass is 16.2. The van der Waals surface area contributed by atoms with Gasteiger partial charge in [0.2, 0.25) is 5.91 Å². The fourth-order valence-electron chi connectivity index (χ4n) is 4.51. The Morgan fingerprint density at radius 1 is 1.04 bits per heavy atom. The molecule has 2 heterocycles. The van der Waals surface area contributed by atoms with Gasteiger partial charge in [0.25, 0.3) is 0 Å². The number of amides is 1. The summed E-state index contributed by atoms with van der Waals surface area (Å²) in [5.74, 6) is 1.19. The molecule has 0 N–H and O–H groups in total. The van der Waals surface area contributed by atoms with Gasteiger partial charge in [-0.15, -0.1) is 0 Å². The summed E-state index contributed by atoms with van der Waals surface area (Å²) < 4.78 is 0. The normalized spacial score (nSPS) is 22.9. The summed E-state index contributed by atoms with van der Waals surface area (Å²) in [6.45, 7) is 6.46. The van der Waals surface area contributed by atoms with E-state index >= 15 is 0 Å². The molecule has 138 valence electrons. The number of nitrogens with zero attached hydrogens (tertiary/aromatic N) is 2. The first-order chi connectivity index (χ1) is 12.3. The van der Waals surface area contributed by atoms with Crippen molar-refractivity contribution in [1.29, 1.82) is 0 Å². The maximum absolute atomic E-state index is 12.6. The molecular weight excluding hydrogens is 308 g/mol. The van der Waals surface area contributed by atoms with Crippen molar-refractivity contribution < 1.29 is 4.79 Å². The van der Waals surface area contributed by atoms with Crippen LogP contribution in [-0.2, 0) is 11.2 Å². The van der Waals surface area contributed by atoms with Gasteiger partial charge in [-0.3, -0.25) is 4.79 Å². The second-order valence-electron chi connectivity index (χ2n) is 7.87. The first-order valence-electron chi connectivity index (χ1n) is 10.3. The van der Waals surface area contributed by atoms with Gasteiger partial charge in [-0.1, -0.05) is 37.3 Å². The minimum absolute atomic E-state index is 0.387. The molecule has 0 bridgehead atoms. The van der Waals surface area contributed by atoms with Crippen LogP contribution in [0.15, 0.2) is 30.3 Å². The molecule has 2 fully saturated rings. The van der Waals surface area contributed by atoms with Gasteiger partial charge < -0.3 is 9.80 Å². The third-order valence-corrected chi connectivity index (χ3v) is 6.13. The van der Waals surface area contributed by atoms with Crippen LogP contribution < -0.4 is 0 Å². The molecule has 1 unspecified atom stereocenters. The van der Waals surface area contributed by atoms with Gasteiger partial charge >= 0.3 is 0 Å². The van der Waals surface area contributed by atoms with E-state index in [2.05, 4.69) is 47.1 Å². The molecule has 0 aliphatic carbocycles. The van der Waals surface area contributed by atoms with Gasteiger partial charge in [-0.25, -0.2) is 0 Å². The second kappa shape index (κ2) is 9.38. The van der Waals surface area contributed by atoms with Crippen molar-refractivity contribution in [2.75, 3.05) is 26.2 Å². The second-order valence-corrected chi connectivity index (χ2v) is 7.87. The van der Waals surface area contributed by atoms with Crippen molar-refractivity contribution in [3.8, 4) is 0 Å². The number of likely N-dealkylation sites (tertiary alicyclic amines) is 2. The van der Waals surface area contributed by atoms with Gasteiger partial charge in [-0.2, -0.15) is 0 Å². The Morgan fingerprint density at radius 2 is 1.80 bits per heavy atom. The quantitative estimate of drug-likeness (QED) is 0.776. The van der Waals surface area contributed by atoms with Crippen LogP contribution >= 0.6 is 0 Å². The van der Waals surface area contributed by atoms with Crippen LogP contribution in [0.25, 0.3) is 0 Å². The lowest BCUT2D eigenvalue weighted by atomic mass is 9.90. The van der Waals surface area contributed by atoms with E-state index in [0.717, 1.165) is 38.5 Å². The van der Waals surface area contributed by atoms with Crippen LogP contribution in [-0.4, -0.2) is 47.9 Å². The van der Waals surface area contributed by atoms with Crippen molar-refractivity contribution in [3.05, 3.63) is 35.9 Å². The van der Waals surface area contributed by atoms with Crippen molar-refractivity contribution in [2.24, 2.45) is 5.92 Å². The highest BCUT2D eigenvalue weighted by Crippen LogP contribution is 2.23. The zero-order valence-electron chi connectivity index (χ0n) is 15.8. The molecule has 3 nitrogen and oxygen atoms in total. The first kappa shape index (κ1) is 18.4. The predicted octanol–water partition coefficient (Wildman–Crippen LogP) is 4.12. The smallest absolute Gasteiger partial charge is 0.224 e. The van der Waals surface area contributed by atoms with Crippen molar-refractivity contribution in [3.63, 3.8) is 0 Å². The van der Waals surface area contributed by atoms with Crippen LogP contribution in [0.5, 0.6) is 0 Å². The largest absolute Gasteiger partial charge is 0.340 e. The van der Waals surface area contributed by atoms with Crippen LogP contribution in [0.3, 0.4) is 0 Å². The van der Waals surface area contributed by atoms with E-state index in [9.17, 15) is 4.79 Å². The fraction of sp³-hybridized carbons (Fsp3) is 0.682. The van der Waals surface area contributed by atoms with E-state index < -0.39 is 0 Å². The zero-order valence-corrected chi connectivity index (χ0v) is 15.8. The molecule has 0 spiro atoms. The minimum Gasteiger partial charge on any atom is -0.340 e. The topological polar surface area (TPSA) is 23.6 Å². The molecule has 2 aliphatic rings. The number of hydrogen-bond donors (Lipinski definition) is 0. The molecule has 2 aliphatic heterocycles. The standard InChI is InChI=1S/C22H34N2O/c1-2-21-10-6-7-14-24(21)22(25)13-17-23-15-11-20(12-16-23)18-19-8-4-3-5-9-19/h3-5,8-9,20-21H,2,6-7,10-18H2,1H3. The fourth-order valence-corrected chi connectivity index (χ4v) is 4.51. The molecule has 0 radical (unpaired) electrons. The summed E-state index contributed by atoms with van der Waals surface area (Å²) >= 11 is 0. The average molecular weight is 343 g/mol. The maximum atomic E-state index is 12.6. The van der Waals surface area contributed by atoms with Gasteiger partial charge in [0.1, 0.15) is 0 Å². The van der Waals surface area contributed by atoms with Crippen molar-refractivity contribution in [1.82, 2.24) is 9.80 Å². The highest BCUT2D eigenvalue weighted by molar-refractivity contribution is 5.76. The van der Waals surface area contributed by atoms with Gasteiger partial charge in [0.05, 0.1) is 0 Å². The maximum Gasteiger partial charge on any atom is 0.224 e. The monoisotopic (exact) mass is 342 g/mol. The Hall–Kier alpha value is -1.35. The minimum atomic E-state index is 0.387. The summed E-state index contributed by atoms with van der Waals surface area (Å²) in [5, 5.41) is 0. The third kappa shape index (κ3) is 5.31. The average Bonchev–Trinajstić information content (AvgIpc) is 2.68. The first-order valence-corrected chi connectivity index (χ1v) is 10.3. The summed E-state index contributed by atoms with van der Waals surface area (Å²) in [6, 6.07) is 11.4. The van der Waals surface area contributed by atoms with Gasteiger partial charge in [0, 0.05) is 25.6 Å². The molecule has 1 aromatic rings. The van der Waals surface area contributed by atoms with Crippen molar-refractivity contribution in [2.45, 2.75) is 64.3 Å². The Morgan fingerprint density at radius 3 is 2.52 bits per heavy atom. The number of hydrogen-bond acceptors (Lipinski definition) is 2. The predicted molar refractivity (Wildman–Crippen MR) is 104 cm³/mol. The van der Waals surface area contributed by atoms with E-state index in [-0.39, 0.29) is 0 Å². The highest BCUT2D eigenvalue weighted by Gasteiger charge is 2.26. The van der Waals surface area contributed by atoms with E-state index in [1.54, 1.807) is 0 Å². The van der Waals surface area contributed by atoms with Crippen LogP contribution in [0.1, 0.15) is 57.4 Å². The Balaban J connectivity index is 1.38. The molecule has 1 aromatic carbocycles. The van der Waals surface area contributed by atoms with Gasteiger partial charge in [0.15, 0.2) is 0 Å². The summed E-state index contributed by atoms with van der Waals surface area (Å²) in [4.78, 5) is 17.3. The lowest BCUT2D eigenvalue weighted by Gasteiger charge is -2.36. The molecule has 1 amide bonds. The Bertz CT molecular complexity index is 522. The molecule has 2 saturated heterocycles. The van der Waals surface area contributed by atoms with Crippen LogP contribution in [0.2, 0.25) is 0 Å². The molecular formula is C22H34N2O. The third-order valence-electron chi connectivity index (χ3n) is 6.13. The number of benzene rings is 1. The SMILES string of the molecule is CCC1CCCCN1C(=O)CCN1CCC(Cc2ccccc2)CC1. The number of carbonyl (C=O) groups excluding carboxylic acids is 1. The molecule has 1 atom stereocenters. The van der Waals surface area contributed by atoms with E-state index in [1.165, 1.54) is 44.1 Å². The summed E-state index contributed by atoms with van der Waals surface area (Å²) in [5.41, 5.74) is 1.46. The Labute approximate surface area is 153 Å². The summed E-state index contributed by atoms with van der Waals surface area (Å²) in [6.07, 6.45) is 9.24. The molecule has 3 heteroatoms. The number of rotatable bonds is 6. The number of piperidine rings is 2.